The van der Waals surface area contributed by atoms with Gasteiger partial charge in [0.2, 0.25) is 0 Å². The molecule has 5 heteroatoms. The Morgan fingerprint density at radius 1 is 1.22 bits per heavy atom. The van der Waals surface area contributed by atoms with Gasteiger partial charge in [-0.05, 0) is 38.4 Å². The molecule has 1 N–H and O–H groups in total. The van der Waals surface area contributed by atoms with Gasteiger partial charge < -0.3 is 19.7 Å². The summed E-state index contributed by atoms with van der Waals surface area (Å²) in [5, 5.41) is 2.78. The van der Waals surface area contributed by atoms with Crippen LogP contribution in [-0.4, -0.2) is 51.7 Å². The number of carbonyl (C=O) groups excluding carboxylic acids is 1. The van der Waals surface area contributed by atoms with Crippen molar-refractivity contribution in [3.63, 3.8) is 0 Å². The molecule has 0 aliphatic carbocycles. The standard InChI is InChI=1S/C13H20N2O3/c1-15(2)9-8-14-13(16)10-18-12-6-4-11(17-3)5-7-12/h4-7H,8-10H2,1-3H3,(H,14,16). The topological polar surface area (TPSA) is 50.8 Å². The Balaban J connectivity index is 2.24. The molecule has 0 saturated heterocycles. The minimum atomic E-state index is -0.118. The second-order valence-corrected chi connectivity index (χ2v) is 4.12. The number of rotatable bonds is 7. The molecule has 0 atom stereocenters. The Morgan fingerprint density at radius 2 is 1.83 bits per heavy atom. The number of benzene rings is 1. The van der Waals surface area contributed by atoms with Crippen molar-refractivity contribution in [1.82, 2.24) is 10.2 Å². The van der Waals surface area contributed by atoms with E-state index in [-0.39, 0.29) is 12.5 Å². The molecule has 0 aliphatic heterocycles. The largest absolute Gasteiger partial charge is 0.497 e. The van der Waals surface area contributed by atoms with E-state index >= 15 is 0 Å². The maximum absolute atomic E-state index is 11.4. The van der Waals surface area contributed by atoms with Crippen LogP contribution in [0.3, 0.4) is 0 Å². The first-order valence-corrected chi connectivity index (χ1v) is 5.80. The van der Waals surface area contributed by atoms with Crippen molar-refractivity contribution < 1.29 is 14.3 Å². The third-order valence-corrected chi connectivity index (χ3v) is 2.31. The first-order chi connectivity index (χ1) is 8.61. The predicted octanol–water partition coefficient (Wildman–Crippen LogP) is 0.752. The Kier molecular flexibility index (Phi) is 6.00. The Bertz CT molecular complexity index is 363. The maximum atomic E-state index is 11.4. The summed E-state index contributed by atoms with van der Waals surface area (Å²) < 4.78 is 10.4. The van der Waals surface area contributed by atoms with Crippen LogP contribution >= 0.6 is 0 Å². The van der Waals surface area contributed by atoms with Crippen LogP contribution in [0.4, 0.5) is 0 Å². The van der Waals surface area contributed by atoms with Gasteiger partial charge in [-0.2, -0.15) is 0 Å². The summed E-state index contributed by atoms with van der Waals surface area (Å²) in [6.45, 7) is 1.46. The zero-order chi connectivity index (χ0) is 13.4. The van der Waals surface area contributed by atoms with E-state index in [1.165, 1.54) is 0 Å². The van der Waals surface area contributed by atoms with E-state index in [9.17, 15) is 4.79 Å². The molecule has 0 fully saturated rings. The molecule has 5 nitrogen and oxygen atoms in total. The minimum Gasteiger partial charge on any atom is -0.497 e. The van der Waals surface area contributed by atoms with Crippen LogP contribution in [0.1, 0.15) is 0 Å². The number of amides is 1. The van der Waals surface area contributed by atoms with Crippen molar-refractivity contribution in [3.8, 4) is 11.5 Å². The van der Waals surface area contributed by atoms with E-state index in [0.29, 0.717) is 12.3 Å². The number of methoxy groups -OCH3 is 1. The van der Waals surface area contributed by atoms with Gasteiger partial charge in [0.05, 0.1) is 7.11 Å². The molecule has 18 heavy (non-hydrogen) atoms. The summed E-state index contributed by atoms with van der Waals surface area (Å²) in [6, 6.07) is 7.12. The van der Waals surface area contributed by atoms with Crippen LogP contribution in [0.25, 0.3) is 0 Å². The average molecular weight is 252 g/mol. The van der Waals surface area contributed by atoms with Gasteiger partial charge in [-0.15, -0.1) is 0 Å². The van der Waals surface area contributed by atoms with Crippen LogP contribution in [-0.2, 0) is 4.79 Å². The maximum Gasteiger partial charge on any atom is 0.257 e. The molecule has 0 radical (unpaired) electrons. The normalized spacial score (nSPS) is 10.2. The van der Waals surface area contributed by atoms with Gasteiger partial charge >= 0.3 is 0 Å². The van der Waals surface area contributed by atoms with Crippen molar-refractivity contribution in [2.75, 3.05) is 40.9 Å². The van der Waals surface area contributed by atoms with E-state index in [1.54, 1.807) is 31.4 Å². The summed E-state index contributed by atoms with van der Waals surface area (Å²) in [6.07, 6.45) is 0. The van der Waals surface area contributed by atoms with E-state index in [0.717, 1.165) is 12.3 Å². The lowest BCUT2D eigenvalue weighted by molar-refractivity contribution is -0.123. The number of hydrogen-bond donors (Lipinski definition) is 1. The van der Waals surface area contributed by atoms with Gasteiger partial charge in [-0.3, -0.25) is 4.79 Å². The predicted molar refractivity (Wildman–Crippen MR) is 70.1 cm³/mol. The van der Waals surface area contributed by atoms with Crippen LogP contribution in [0.2, 0.25) is 0 Å². The van der Waals surface area contributed by atoms with E-state index < -0.39 is 0 Å². The number of nitrogens with one attached hydrogen (secondary N) is 1. The molecule has 0 bridgehead atoms. The lowest BCUT2D eigenvalue weighted by Crippen LogP contribution is -2.34. The van der Waals surface area contributed by atoms with Gasteiger partial charge in [0, 0.05) is 13.1 Å². The van der Waals surface area contributed by atoms with Gasteiger partial charge in [0.15, 0.2) is 6.61 Å². The smallest absolute Gasteiger partial charge is 0.257 e. The molecule has 0 aliphatic rings. The highest BCUT2D eigenvalue weighted by Gasteiger charge is 2.02. The van der Waals surface area contributed by atoms with Gasteiger partial charge in [0.25, 0.3) is 5.91 Å². The van der Waals surface area contributed by atoms with E-state index in [4.69, 9.17) is 9.47 Å². The van der Waals surface area contributed by atoms with Crippen molar-refractivity contribution in [2.45, 2.75) is 0 Å². The molecule has 1 aromatic carbocycles. The third-order valence-electron chi connectivity index (χ3n) is 2.31. The SMILES string of the molecule is COc1ccc(OCC(=O)NCCN(C)C)cc1. The highest BCUT2D eigenvalue weighted by Crippen LogP contribution is 2.16. The van der Waals surface area contributed by atoms with Gasteiger partial charge in [0.1, 0.15) is 11.5 Å². The molecule has 1 amide bonds. The molecule has 0 aromatic heterocycles. The molecular formula is C13H20N2O3. The summed E-state index contributed by atoms with van der Waals surface area (Å²) in [7, 11) is 5.52. The summed E-state index contributed by atoms with van der Waals surface area (Å²) in [5.74, 6) is 1.30. The first kappa shape index (κ1) is 14.3. The zero-order valence-corrected chi connectivity index (χ0v) is 11.1. The van der Waals surface area contributed by atoms with Crippen LogP contribution in [0.5, 0.6) is 11.5 Å². The van der Waals surface area contributed by atoms with E-state index in [1.807, 2.05) is 19.0 Å². The highest BCUT2D eigenvalue weighted by atomic mass is 16.5. The van der Waals surface area contributed by atoms with Crippen LogP contribution < -0.4 is 14.8 Å². The van der Waals surface area contributed by atoms with Crippen molar-refractivity contribution in [3.05, 3.63) is 24.3 Å². The first-order valence-electron chi connectivity index (χ1n) is 5.80. The molecule has 100 valence electrons. The fraction of sp³-hybridized carbons (Fsp3) is 0.462. The van der Waals surface area contributed by atoms with Crippen molar-refractivity contribution >= 4 is 5.91 Å². The van der Waals surface area contributed by atoms with Crippen LogP contribution in [0, 0.1) is 0 Å². The lowest BCUT2D eigenvalue weighted by Gasteiger charge is -2.11. The molecule has 0 spiro atoms. The van der Waals surface area contributed by atoms with Gasteiger partial charge in [-0.1, -0.05) is 0 Å². The van der Waals surface area contributed by atoms with Crippen molar-refractivity contribution in [1.29, 1.82) is 0 Å². The number of hydrogen-bond acceptors (Lipinski definition) is 4. The fourth-order valence-electron chi connectivity index (χ4n) is 1.29. The molecule has 0 unspecified atom stereocenters. The number of nitrogens with zero attached hydrogens (tertiary/aromatic N) is 1. The van der Waals surface area contributed by atoms with Gasteiger partial charge in [-0.25, -0.2) is 0 Å². The monoisotopic (exact) mass is 252 g/mol. The number of likely N-dealkylation sites (N-methyl/N-ethyl adjacent to an activating group) is 1. The minimum absolute atomic E-state index is 0.0275. The Morgan fingerprint density at radius 3 is 2.39 bits per heavy atom. The quantitative estimate of drug-likeness (QED) is 0.778. The molecule has 0 saturated carbocycles. The lowest BCUT2D eigenvalue weighted by atomic mass is 10.3. The highest BCUT2D eigenvalue weighted by molar-refractivity contribution is 5.77. The Labute approximate surface area is 108 Å². The Hall–Kier alpha value is -1.75. The summed E-state index contributed by atoms with van der Waals surface area (Å²) in [5.41, 5.74) is 0. The van der Waals surface area contributed by atoms with Crippen LogP contribution in [0.15, 0.2) is 24.3 Å². The zero-order valence-electron chi connectivity index (χ0n) is 11.1. The molecule has 1 aromatic rings. The average Bonchev–Trinajstić information content (AvgIpc) is 2.36. The molecular weight excluding hydrogens is 232 g/mol. The summed E-state index contributed by atoms with van der Waals surface area (Å²) >= 11 is 0. The molecule has 1 rings (SSSR count). The molecule has 0 heterocycles. The second kappa shape index (κ2) is 7.55. The van der Waals surface area contributed by atoms with Crippen molar-refractivity contribution in [2.24, 2.45) is 0 Å². The number of ether oxygens (including phenoxy) is 2. The third kappa shape index (κ3) is 5.54. The summed E-state index contributed by atoms with van der Waals surface area (Å²) in [4.78, 5) is 13.4. The van der Waals surface area contributed by atoms with E-state index in [2.05, 4.69) is 5.32 Å². The number of carbonyl (C=O) groups is 1. The fourth-order valence-corrected chi connectivity index (χ4v) is 1.29. The second-order valence-electron chi connectivity index (χ2n) is 4.12.